The summed E-state index contributed by atoms with van der Waals surface area (Å²) >= 11 is 3.51. The van der Waals surface area contributed by atoms with Crippen molar-refractivity contribution in [3.8, 4) is 6.07 Å². The lowest BCUT2D eigenvalue weighted by molar-refractivity contribution is 0.228. The molecule has 0 aliphatic rings. The summed E-state index contributed by atoms with van der Waals surface area (Å²) in [7, 11) is 0. The van der Waals surface area contributed by atoms with E-state index in [2.05, 4.69) is 46.8 Å². The first-order chi connectivity index (χ1) is 8.15. The Balaban J connectivity index is 3.03. The van der Waals surface area contributed by atoms with Crippen molar-refractivity contribution in [3.05, 3.63) is 33.8 Å². The Bertz CT molecular complexity index is 412. The Labute approximate surface area is 111 Å². The van der Waals surface area contributed by atoms with Crippen molar-refractivity contribution in [2.45, 2.75) is 19.9 Å². The molecule has 0 saturated carbocycles. The van der Waals surface area contributed by atoms with Crippen LogP contribution in [0.1, 0.15) is 31.0 Å². The first-order valence-corrected chi connectivity index (χ1v) is 6.57. The lowest BCUT2D eigenvalue weighted by Gasteiger charge is -2.28. The van der Waals surface area contributed by atoms with Crippen molar-refractivity contribution in [2.75, 3.05) is 19.6 Å². The minimum atomic E-state index is 0.256. The molecule has 0 bridgehead atoms. The molecular weight excluding hydrogens is 278 g/mol. The highest BCUT2D eigenvalue weighted by molar-refractivity contribution is 9.10. The van der Waals surface area contributed by atoms with Gasteiger partial charge in [0.05, 0.1) is 5.56 Å². The SMILES string of the molecule is CCN(CCN)C(C)c1cccc(C#N)c1Br. The second-order valence-corrected chi connectivity index (χ2v) is 4.71. The molecule has 0 aliphatic carbocycles. The maximum absolute atomic E-state index is 9.01. The summed E-state index contributed by atoms with van der Waals surface area (Å²) in [5, 5.41) is 9.01. The Morgan fingerprint density at radius 3 is 2.76 bits per heavy atom. The molecule has 92 valence electrons. The molecule has 17 heavy (non-hydrogen) atoms. The number of nitrogens with two attached hydrogens (primary N) is 1. The lowest BCUT2D eigenvalue weighted by atomic mass is 10.0. The standard InChI is InChI=1S/C13H18BrN3/c1-3-17(8-7-15)10(2)12-6-4-5-11(9-16)13(12)14/h4-6,10H,3,7-8,15H2,1-2H3. The number of benzene rings is 1. The first-order valence-electron chi connectivity index (χ1n) is 5.78. The second kappa shape index (κ2) is 6.75. The fourth-order valence-corrected chi connectivity index (χ4v) is 2.63. The van der Waals surface area contributed by atoms with E-state index >= 15 is 0 Å². The van der Waals surface area contributed by atoms with E-state index in [-0.39, 0.29) is 6.04 Å². The van der Waals surface area contributed by atoms with Gasteiger partial charge in [0.2, 0.25) is 0 Å². The number of hydrogen-bond acceptors (Lipinski definition) is 3. The van der Waals surface area contributed by atoms with Crippen molar-refractivity contribution >= 4 is 15.9 Å². The van der Waals surface area contributed by atoms with Crippen LogP contribution in [0.5, 0.6) is 0 Å². The number of likely N-dealkylation sites (N-methyl/N-ethyl adjacent to an activating group) is 1. The van der Waals surface area contributed by atoms with Crippen molar-refractivity contribution < 1.29 is 0 Å². The second-order valence-electron chi connectivity index (χ2n) is 3.91. The van der Waals surface area contributed by atoms with E-state index in [4.69, 9.17) is 11.0 Å². The summed E-state index contributed by atoms with van der Waals surface area (Å²) in [6.45, 7) is 6.71. The zero-order valence-electron chi connectivity index (χ0n) is 10.3. The molecule has 4 heteroatoms. The summed E-state index contributed by atoms with van der Waals surface area (Å²) in [5.41, 5.74) is 7.43. The predicted octanol–water partition coefficient (Wildman–Crippen LogP) is 2.66. The summed E-state index contributed by atoms with van der Waals surface area (Å²) in [4.78, 5) is 2.29. The number of hydrogen-bond donors (Lipinski definition) is 1. The molecular formula is C13H18BrN3. The summed E-state index contributed by atoms with van der Waals surface area (Å²) < 4.78 is 0.894. The topological polar surface area (TPSA) is 53.0 Å². The molecule has 1 rings (SSSR count). The van der Waals surface area contributed by atoms with E-state index in [1.807, 2.05) is 12.1 Å². The largest absolute Gasteiger partial charge is 0.329 e. The maximum atomic E-state index is 9.01. The average molecular weight is 296 g/mol. The van der Waals surface area contributed by atoms with Crippen molar-refractivity contribution in [2.24, 2.45) is 5.73 Å². The molecule has 3 nitrogen and oxygen atoms in total. The highest BCUT2D eigenvalue weighted by atomic mass is 79.9. The first kappa shape index (κ1) is 14.2. The van der Waals surface area contributed by atoms with Gasteiger partial charge in [-0.2, -0.15) is 5.26 Å². The van der Waals surface area contributed by atoms with Crippen LogP contribution in [0.2, 0.25) is 0 Å². The Morgan fingerprint density at radius 2 is 2.24 bits per heavy atom. The normalized spacial score (nSPS) is 12.5. The van der Waals surface area contributed by atoms with E-state index < -0.39 is 0 Å². The van der Waals surface area contributed by atoms with E-state index in [0.29, 0.717) is 12.1 Å². The van der Waals surface area contributed by atoms with Crippen LogP contribution in [0, 0.1) is 11.3 Å². The molecule has 0 aromatic heterocycles. The molecule has 0 aliphatic heterocycles. The van der Waals surface area contributed by atoms with Gasteiger partial charge in [-0.3, -0.25) is 4.90 Å². The number of halogens is 1. The molecule has 1 unspecified atom stereocenters. The zero-order valence-corrected chi connectivity index (χ0v) is 11.9. The van der Waals surface area contributed by atoms with E-state index in [1.54, 1.807) is 0 Å². The van der Waals surface area contributed by atoms with Gasteiger partial charge in [-0.25, -0.2) is 0 Å². The molecule has 0 heterocycles. The molecule has 0 fully saturated rings. The molecule has 1 aromatic carbocycles. The van der Waals surface area contributed by atoms with Gasteiger partial charge in [0.25, 0.3) is 0 Å². The minimum Gasteiger partial charge on any atom is -0.329 e. The third-order valence-electron chi connectivity index (χ3n) is 2.97. The Hall–Kier alpha value is -0.890. The van der Waals surface area contributed by atoms with Crippen LogP contribution in [-0.2, 0) is 0 Å². The van der Waals surface area contributed by atoms with Crippen LogP contribution in [0.4, 0.5) is 0 Å². The van der Waals surface area contributed by atoms with Crippen molar-refractivity contribution in [1.29, 1.82) is 5.26 Å². The molecule has 1 atom stereocenters. The third-order valence-corrected chi connectivity index (χ3v) is 3.85. The summed E-state index contributed by atoms with van der Waals surface area (Å²) in [6, 6.07) is 8.24. The van der Waals surface area contributed by atoms with Gasteiger partial charge in [-0.15, -0.1) is 0 Å². The smallest absolute Gasteiger partial charge is 0.100 e. The molecule has 0 amide bonds. The van der Waals surface area contributed by atoms with Crippen molar-refractivity contribution in [3.63, 3.8) is 0 Å². The molecule has 0 saturated heterocycles. The number of nitrogens with zero attached hydrogens (tertiary/aromatic N) is 2. The van der Waals surface area contributed by atoms with Crippen LogP contribution < -0.4 is 5.73 Å². The lowest BCUT2D eigenvalue weighted by Crippen LogP contribution is -2.32. The number of nitriles is 1. The Morgan fingerprint density at radius 1 is 1.53 bits per heavy atom. The van der Waals surface area contributed by atoms with Crippen LogP contribution >= 0.6 is 15.9 Å². The van der Waals surface area contributed by atoms with Crippen LogP contribution in [0.15, 0.2) is 22.7 Å². The molecule has 2 N–H and O–H groups in total. The average Bonchev–Trinajstić information content (AvgIpc) is 2.35. The van der Waals surface area contributed by atoms with Gasteiger partial charge in [-0.05, 0) is 41.0 Å². The van der Waals surface area contributed by atoms with Gasteiger partial charge < -0.3 is 5.73 Å². The maximum Gasteiger partial charge on any atom is 0.100 e. The molecule has 0 spiro atoms. The monoisotopic (exact) mass is 295 g/mol. The van der Waals surface area contributed by atoms with Gasteiger partial charge in [-0.1, -0.05) is 19.1 Å². The molecule has 0 radical (unpaired) electrons. The molecule has 1 aromatic rings. The van der Waals surface area contributed by atoms with E-state index in [9.17, 15) is 0 Å². The predicted molar refractivity (Wildman–Crippen MR) is 73.6 cm³/mol. The third kappa shape index (κ3) is 3.29. The van der Waals surface area contributed by atoms with Gasteiger partial charge >= 0.3 is 0 Å². The van der Waals surface area contributed by atoms with E-state index in [0.717, 1.165) is 23.1 Å². The summed E-state index contributed by atoms with van der Waals surface area (Å²) in [5.74, 6) is 0. The van der Waals surface area contributed by atoms with Crippen LogP contribution in [0.25, 0.3) is 0 Å². The quantitative estimate of drug-likeness (QED) is 0.909. The summed E-state index contributed by atoms with van der Waals surface area (Å²) in [6.07, 6.45) is 0. The fourth-order valence-electron chi connectivity index (χ4n) is 1.95. The minimum absolute atomic E-state index is 0.256. The fraction of sp³-hybridized carbons (Fsp3) is 0.462. The highest BCUT2D eigenvalue weighted by Crippen LogP contribution is 2.29. The van der Waals surface area contributed by atoms with Gasteiger partial charge in [0.15, 0.2) is 0 Å². The highest BCUT2D eigenvalue weighted by Gasteiger charge is 2.17. The number of rotatable bonds is 5. The Kier molecular flexibility index (Phi) is 5.63. The van der Waals surface area contributed by atoms with Crippen LogP contribution in [-0.4, -0.2) is 24.5 Å². The van der Waals surface area contributed by atoms with Gasteiger partial charge in [0, 0.05) is 23.6 Å². The van der Waals surface area contributed by atoms with Crippen molar-refractivity contribution in [1.82, 2.24) is 4.90 Å². The van der Waals surface area contributed by atoms with Crippen LogP contribution in [0.3, 0.4) is 0 Å². The van der Waals surface area contributed by atoms with E-state index in [1.165, 1.54) is 0 Å². The zero-order chi connectivity index (χ0) is 12.8. The van der Waals surface area contributed by atoms with Gasteiger partial charge in [0.1, 0.15) is 6.07 Å².